The van der Waals surface area contributed by atoms with Crippen LogP contribution in [-0.4, -0.2) is 17.7 Å². The minimum atomic E-state index is -0.586. The summed E-state index contributed by atoms with van der Waals surface area (Å²) in [7, 11) is 0. The molecular formula is C24H23Cl2N3O4. The molecule has 4 rings (SSSR count). The Kier molecular flexibility index (Phi) is 6.12. The van der Waals surface area contributed by atoms with Gasteiger partial charge in [0.2, 0.25) is 11.8 Å². The maximum Gasteiger partial charge on any atom is 0.271 e. The van der Waals surface area contributed by atoms with E-state index in [0.717, 1.165) is 36.1 Å². The van der Waals surface area contributed by atoms with Crippen molar-refractivity contribution < 1.29 is 19.1 Å². The molecule has 1 heterocycles. The van der Waals surface area contributed by atoms with Crippen molar-refractivity contribution in [1.29, 1.82) is 0 Å². The molecule has 0 radical (unpaired) electrons. The molecule has 9 heteroatoms. The van der Waals surface area contributed by atoms with Gasteiger partial charge in [-0.15, -0.1) is 0 Å². The van der Waals surface area contributed by atoms with Crippen molar-refractivity contribution in [1.82, 2.24) is 5.32 Å². The van der Waals surface area contributed by atoms with Crippen LogP contribution in [0.1, 0.15) is 44.2 Å². The molecular weight excluding hydrogens is 465 g/mol. The van der Waals surface area contributed by atoms with E-state index in [-0.39, 0.29) is 39.7 Å². The average Bonchev–Trinajstić information content (AvgIpc) is 3.03. The molecule has 2 aromatic carbocycles. The lowest BCUT2D eigenvalue weighted by Gasteiger charge is -2.30. The summed E-state index contributed by atoms with van der Waals surface area (Å²) < 4.78 is 6.13. The molecule has 0 saturated heterocycles. The lowest BCUT2D eigenvalue weighted by atomic mass is 9.72. The third-order valence-electron chi connectivity index (χ3n) is 6.03. The van der Waals surface area contributed by atoms with Gasteiger partial charge >= 0.3 is 0 Å². The molecule has 1 atom stereocenters. The van der Waals surface area contributed by atoms with Crippen LogP contribution in [0.3, 0.4) is 0 Å². The second kappa shape index (κ2) is 8.72. The highest BCUT2D eigenvalue weighted by Gasteiger charge is 2.46. The number of ether oxygens (including phenoxy) is 1. The number of halogens is 2. The van der Waals surface area contributed by atoms with Gasteiger partial charge in [0.05, 0.1) is 21.2 Å². The molecule has 0 fully saturated rings. The Labute approximate surface area is 201 Å². The van der Waals surface area contributed by atoms with Crippen LogP contribution in [0.5, 0.6) is 11.5 Å². The fraction of sp³-hybridized carbons (Fsp3) is 0.292. The van der Waals surface area contributed by atoms with Crippen LogP contribution in [0, 0.1) is 0 Å². The number of rotatable bonds is 6. The maximum absolute atomic E-state index is 12.5. The first kappa shape index (κ1) is 23.1. The maximum atomic E-state index is 12.5. The quantitative estimate of drug-likeness (QED) is 0.480. The Hall–Kier alpha value is -3.03. The van der Waals surface area contributed by atoms with E-state index in [1.165, 1.54) is 12.1 Å². The summed E-state index contributed by atoms with van der Waals surface area (Å²) in [5, 5.41) is 8.36. The zero-order chi connectivity index (χ0) is 23.9. The van der Waals surface area contributed by atoms with Crippen LogP contribution >= 0.6 is 23.2 Å². The highest BCUT2D eigenvalue weighted by atomic mass is 35.5. The van der Waals surface area contributed by atoms with Crippen molar-refractivity contribution in [3.8, 4) is 11.5 Å². The van der Waals surface area contributed by atoms with E-state index in [4.69, 9.17) is 27.9 Å². The first-order valence-corrected chi connectivity index (χ1v) is 11.3. The average molecular weight is 488 g/mol. The predicted molar refractivity (Wildman–Crippen MR) is 128 cm³/mol. The molecule has 1 unspecified atom stereocenters. The van der Waals surface area contributed by atoms with E-state index in [1.54, 1.807) is 13.0 Å². The van der Waals surface area contributed by atoms with E-state index >= 15 is 0 Å². The van der Waals surface area contributed by atoms with Crippen LogP contribution in [0.4, 0.5) is 11.4 Å². The van der Waals surface area contributed by atoms with E-state index < -0.39 is 11.3 Å². The van der Waals surface area contributed by atoms with Crippen LogP contribution in [-0.2, 0) is 26.2 Å². The molecule has 0 saturated carbocycles. The molecule has 0 aromatic heterocycles. The number of benzene rings is 2. The SMILES string of the molecule is C=C(NC(=O)CC)C(=O)Nc1cc(Cl)c(Oc2ccc3c4c2CCCC4(C)C(=O)N3)c(Cl)c1. The van der Waals surface area contributed by atoms with Gasteiger partial charge in [-0.05, 0) is 56.0 Å². The predicted octanol–water partition coefficient (Wildman–Crippen LogP) is 5.31. The monoisotopic (exact) mass is 487 g/mol. The van der Waals surface area contributed by atoms with Gasteiger partial charge in [-0.3, -0.25) is 14.4 Å². The highest BCUT2D eigenvalue weighted by molar-refractivity contribution is 6.37. The van der Waals surface area contributed by atoms with Gasteiger partial charge in [-0.2, -0.15) is 0 Å². The molecule has 3 amide bonds. The number of hydrogen-bond donors (Lipinski definition) is 3. The topological polar surface area (TPSA) is 96.5 Å². The van der Waals surface area contributed by atoms with Crippen LogP contribution < -0.4 is 20.7 Å². The fourth-order valence-electron chi connectivity index (χ4n) is 4.30. The summed E-state index contributed by atoms with van der Waals surface area (Å²) in [4.78, 5) is 36.3. The Morgan fingerprint density at radius 2 is 1.94 bits per heavy atom. The molecule has 1 aliphatic carbocycles. The number of carbonyl (C=O) groups excluding carboxylic acids is 3. The summed E-state index contributed by atoms with van der Waals surface area (Å²) in [5.41, 5.74) is 2.42. The van der Waals surface area contributed by atoms with Crippen LogP contribution in [0.15, 0.2) is 36.5 Å². The van der Waals surface area contributed by atoms with Gasteiger partial charge in [-0.25, -0.2) is 0 Å². The summed E-state index contributed by atoms with van der Waals surface area (Å²) in [6.07, 6.45) is 2.64. The fourth-order valence-corrected chi connectivity index (χ4v) is 4.86. The third kappa shape index (κ3) is 4.18. The van der Waals surface area contributed by atoms with Gasteiger partial charge in [0.25, 0.3) is 5.91 Å². The lowest BCUT2D eigenvalue weighted by Crippen LogP contribution is -2.34. The largest absolute Gasteiger partial charge is 0.454 e. The summed E-state index contributed by atoms with van der Waals surface area (Å²) >= 11 is 12.9. The third-order valence-corrected chi connectivity index (χ3v) is 6.59. The molecule has 0 bridgehead atoms. The Morgan fingerprint density at radius 3 is 2.61 bits per heavy atom. The van der Waals surface area contributed by atoms with E-state index in [1.807, 2.05) is 13.0 Å². The van der Waals surface area contributed by atoms with E-state index in [0.29, 0.717) is 11.4 Å². The second-order valence-electron chi connectivity index (χ2n) is 8.31. The molecule has 2 aromatic rings. The molecule has 3 N–H and O–H groups in total. The molecule has 7 nitrogen and oxygen atoms in total. The minimum Gasteiger partial charge on any atom is -0.454 e. The first-order valence-electron chi connectivity index (χ1n) is 10.6. The van der Waals surface area contributed by atoms with Gasteiger partial charge in [0.1, 0.15) is 5.75 Å². The zero-order valence-corrected chi connectivity index (χ0v) is 19.7. The van der Waals surface area contributed by atoms with Crippen molar-refractivity contribution in [2.24, 2.45) is 0 Å². The molecule has 0 spiro atoms. The van der Waals surface area contributed by atoms with Crippen molar-refractivity contribution in [2.75, 3.05) is 10.6 Å². The highest BCUT2D eigenvalue weighted by Crippen LogP contribution is 2.50. The summed E-state index contributed by atoms with van der Waals surface area (Å²) in [6.45, 7) is 7.19. The number of hydrogen-bond acceptors (Lipinski definition) is 4. The van der Waals surface area contributed by atoms with E-state index in [2.05, 4.69) is 22.5 Å². The first-order chi connectivity index (χ1) is 15.6. The van der Waals surface area contributed by atoms with Crippen LogP contribution in [0.25, 0.3) is 0 Å². The molecule has 172 valence electrons. The van der Waals surface area contributed by atoms with Crippen LogP contribution in [0.2, 0.25) is 10.0 Å². The Balaban J connectivity index is 1.58. The molecule has 1 aliphatic heterocycles. The molecule has 33 heavy (non-hydrogen) atoms. The molecule has 2 aliphatic rings. The Bertz CT molecular complexity index is 1190. The summed E-state index contributed by atoms with van der Waals surface area (Å²) in [5.74, 6) is -0.0653. The Morgan fingerprint density at radius 1 is 1.24 bits per heavy atom. The normalized spacial score (nSPS) is 18.2. The number of nitrogens with one attached hydrogen (secondary N) is 3. The lowest BCUT2D eigenvalue weighted by molar-refractivity contribution is -0.122. The number of anilines is 2. The smallest absolute Gasteiger partial charge is 0.271 e. The van der Waals surface area contributed by atoms with E-state index in [9.17, 15) is 14.4 Å². The van der Waals surface area contributed by atoms with Gasteiger partial charge in [0.15, 0.2) is 5.75 Å². The van der Waals surface area contributed by atoms with Gasteiger partial charge in [-0.1, -0.05) is 36.7 Å². The standard InChI is InChI=1S/C24H23Cl2N3O4/c1-4-19(30)27-12(2)22(31)28-13-10-15(25)21(16(26)11-13)33-18-8-7-17-20-14(18)6-5-9-24(20,3)23(32)29-17/h7-8,10-11H,2,4-6,9H2,1,3H3,(H,27,30)(H,28,31)(H,29,32). The van der Waals surface area contributed by atoms with Gasteiger partial charge in [0, 0.05) is 23.4 Å². The van der Waals surface area contributed by atoms with Crippen molar-refractivity contribution in [2.45, 2.75) is 44.9 Å². The van der Waals surface area contributed by atoms with Gasteiger partial charge < -0.3 is 20.7 Å². The number of carbonyl (C=O) groups is 3. The minimum absolute atomic E-state index is 0.00322. The van der Waals surface area contributed by atoms with Crippen molar-refractivity contribution in [3.05, 3.63) is 57.7 Å². The number of amides is 3. The second-order valence-corrected chi connectivity index (χ2v) is 9.12. The zero-order valence-electron chi connectivity index (χ0n) is 18.2. The van der Waals surface area contributed by atoms with Crippen molar-refractivity contribution >= 4 is 52.3 Å². The summed E-state index contributed by atoms with van der Waals surface area (Å²) in [6, 6.07) is 6.64. The van der Waals surface area contributed by atoms with Crippen molar-refractivity contribution in [3.63, 3.8) is 0 Å².